The summed E-state index contributed by atoms with van der Waals surface area (Å²) in [5.41, 5.74) is 0.109. The highest BCUT2D eigenvalue weighted by Gasteiger charge is 2.15. The number of nitrogens with zero attached hydrogens (tertiary/aromatic N) is 3. The Hall–Kier alpha value is -1.18. The molecule has 0 unspecified atom stereocenters. The number of hydrogen-bond donors (Lipinski definition) is 1. The lowest BCUT2D eigenvalue weighted by Gasteiger charge is -2.02. The highest BCUT2D eigenvalue weighted by atomic mass is 35.5. The molecular weight excluding hydrogens is 294 g/mol. The van der Waals surface area contributed by atoms with Crippen molar-refractivity contribution in [2.75, 3.05) is 0 Å². The maximum absolute atomic E-state index is 11.1. The molecule has 0 atom stereocenters. The molecule has 0 saturated heterocycles. The Morgan fingerprint density at radius 2 is 2.28 bits per heavy atom. The number of aromatic carboxylic acids is 1. The molecule has 0 saturated carbocycles. The zero-order valence-electron chi connectivity index (χ0n) is 9.25. The van der Waals surface area contributed by atoms with Crippen molar-refractivity contribution in [3.63, 3.8) is 0 Å². The van der Waals surface area contributed by atoms with Crippen LogP contribution in [0.2, 0.25) is 5.15 Å². The number of halogens is 1. The van der Waals surface area contributed by atoms with Crippen LogP contribution in [0, 0.1) is 0 Å². The van der Waals surface area contributed by atoms with Gasteiger partial charge in [-0.1, -0.05) is 18.5 Å². The largest absolute Gasteiger partial charge is 0.478 e. The van der Waals surface area contributed by atoms with Crippen LogP contribution in [-0.2, 0) is 6.42 Å². The molecule has 0 fully saturated rings. The first-order valence-corrected chi connectivity index (χ1v) is 6.97. The molecular formula is C10H8ClN3O2S2. The normalized spacial score (nSPS) is 10.6. The van der Waals surface area contributed by atoms with Gasteiger partial charge < -0.3 is 5.11 Å². The standard InChI is InChI=1S/C10H8ClN3O2S2/c1-2-7-13-10(18-14-7)17-8-5(9(15)16)3-4-6(11)12-8/h3-4H,2H2,1H3,(H,15,16). The van der Waals surface area contributed by atoms with Crippen LogP contribution >= 0.6 is 34.9 Å². The molecule has 2 heterocycles. The molecule has 94 valence electrons. The van der Waals surface area contributed by atoms with Gasteiger partial charge in [0.25, 0.3) is 0 Å². The minimum absolute atomic E-state index is 0.109. The van der Waals surface area contributed by atoms with Gasteiger partial charge in [-0.3, -0.25) is 0 Å². The van der Waals surface area contributed by atoms with Gasteiger partial charge in [-0.15, -0.1) is 0 Å². The summed E-state index contributed by atoms with van der Waals surface area (Å²) in [6.45, 7) is 1.96. The molecule has 0 amide bonds. The molecule has 0 aliphatic heterocycles. The lowest BCUT2D eigenvalue weighted by atomic mass is 10.3. The second-order valence-corrected chi connectivity index (χ2v) is 5.60. The highest BCUT2D eigenvalue weighted by Crippen LogP contribution is 2.31. The van der Waals surface area contributed by atoms with E-state index in [0.29, 0.717) is 9.37 Å². The van der Waals surface area contributed by atoms with Crippen molar-refractivity contribution < 1.29 is 9.90 Å². The molecule has 0 aliphatic carbocycles. The topological polar surface area (TPSA) is 76.0 Å². The number of aryl methyl sites for hydroxylation is 1. The number of carboxylic acids is 1. The quantitative estimate of drug-likeness (QED) is 0.875. The molecule has 8 heteroatoms. The van der Waals surface area contributed by atoms with Crippen molar-refractivity contribution in [2.24, 2.45) is 0 Å². The average Bonchev–Trinajstić information content (AvgIpc) is 2.76. The zero-order chi connectivity index (χ0) is 13.1. The van der Waals surface area contributed by atoms with Gasteiger partial charge in [0.15, 0.2) is 4.34 Å². The van der Waals surface area contributed by atoms with Crippen LogP contribution in [-0.4, -0.2) is 25.4 Å². The first-order chi connectivity index (χ1) is 8.60. The lowest BCUT2D eigenvalue weighted by molar-refractivity contribution is 0.0692. The summed E-state index contributed by atoms with van der Waals surface area (Å²) in [6, 6.07) is 2.88. The summed E-state index contributed by atoms with van der Waals surface area (Å²) >= 11 is 8.15. The third-order valence-electron chi connectivity index (χ3n) is 2.01. The third kappa shape index (κ3) is 2.98. The van der Waals surface area contributed by atoms with Gasteiger partial charge in [0.05, 0.1) is 5.56 Å². The van der Waals surface area contributed by atoms with E-state index in [1.165, 1.54) is 23.7 Å². The Morgan fingerprint density at radius 1 is 1.50 bits per heavy atom. The number of pyridine rings is 1. The zero-order valence-corrected chi connectivity index (χ0v) is 11.6. The lowest BCUT2D eigenvalue weighted by Crippen LogP contribution is -2.00. The Kier molecular flexibility index (Phi) is 4.15. The fourth-order valence-corrected chi connectivity index (χ4v) is 3.08. The summed E-state index contributed by atoms with van der Waals surface area (Å²) in [5, 5.41) is 9.64. The van der Waals surface area contributed by atoms with E-state index in [-0.39, 0.29) is 10.7 Å². The van der Waals surface area contributed by atoms with Crippen LogP contribution in [0.3, 0.4) is 0 Å². The summed E-state index contributed by atoms with van der Waals surface area (Å²) < 4.78 is 4.79. The number of hydrogen-bond acceptors (Lipinski definition) is 6. The van der Waals surface area contributed by atoms with Crippen molar-refractivity contribution >= 4 is 40.9 Å². The van der Waals surface area contributed by atoms with Crippen LogP contribution < -0.4 is 0 Å². The third-order valence-corrected chi connectivity index (χ3v) is 4.01. The maximum atomic E-state index is 11.1. The van der Waals surface area contributed by atoms with Gasteiger partial charge in [0, 0.05) is 6.42 Å². The molecule has 2 aromatic rings. The molecule has 18 heavy (non-hydrogen) atoms. The van der Waals surface area contributed by atoms with Crippen LogP contribution in [0.4, 0.5) is 0 Å². The molecule has 5 nitrogen and oxygen atoms in total. The molecule has 0 spiro atoms. The summed E-state index contributed by atoms with van der Waals surface area (Å²) in [7, 11) is 0. The number of carboxylic acid groups (broad SMARTS) is 1. The van der Waals surface area contributed by atoms with Crippen molar-refractivity contribution in [1.82, 2.24) is 14.3 Å². The van der Waals surface area contributed by atoms with E-state index >= 15 is 0 Å². The first-order valence-electron chi connectivity index (χ1n) is 5.00. The fourth-order valence-electron chi connectivity index (χ4n) is 1.16. The Morgan fingerprint density at radius 3 is 2.89 bits per heavy atom. The van der Waals surface area contributed by atoms with E-state index in [1.54, 1.807) is 0 Å². The van der Waals surface area contributed by atoms with Gasteiger partial charge in [-0.2, -0.15) is 4.37 Å². The van der Waals surface area contributed by atoms with Crippen molar-refractivity contribution in [2.45, 2.75) is 22.7 Å². The second kappa shape index (κ2) is 5.64. The van der Waals surface area contributed by atoms with Crippen LogP contribution in [0.25, 0.3) is 0 Å². The maximum Gasteiger partial charge on any atom is 0.338 e. The van der Waals surface area contributed by atoms with Gasteiger partial charge in [0.1, 0.15) is 16.0 Å². The van der Waals surface area contributed by atoms with Crippen molar-refractivity contribution in [1.29, 1.82) is 0 Å². The molecule has 0 aliphatic rings. The number of carbonyl (C=O) groups is 1. The Balaban J connectivity index is 2.32. The fraction of sp³-hybridized carbons (Fsp3) is 0.200. The molecule has 0 aromatic carbocycles. The molecule has 0 bridgehead atoms. The van der Waals surface area contributed by atoms with E-state index in [1.807, 2.05) is 6.92 Å². The van der Waals surface area contributed by atoms with E-state index < -0.39 is 5.97 Å². The van der Waals surface area contributed by atoms with Crippen LogP contribution in [0.5, 0.6) is 0 Å². The SMILES string of the molecule is CCc1nsc(Sc2nc(Cl)ccc2C(=O)O)n1. The van der Waals surface area contributed by atoms with Gasteiger partial charge in [-0.05, 0) is 35.4 Å². The smallest absolute Gasteiger partial charge is 0.338 e. The van der Waals surface area contributed by atoms with Crippen molar-refractivity contribution in [3.8, 4) is 0 Å². The summed E-state index contributed by atoms with van der Waals surface area (Å²) in [5.74, 6) is -0.302. The predicted octanol–water partition coefficient (Wildman–Crippen LogP) is 3.00. The van der Waals surface area contributed by atoms with Gasteiger partial charge in [0.2, 0.25) is 0 Å². The number of rotatable bonds is 4. The Labute approximate surface area is 116 Å². The first kappa shape index (κ1) is 13.3. The van der Waals surface area contributed by atoms with E-state index in [9.17, 15) is 4.79 Å². The minimum atomic E-state index is -1.04. The highest BCUT2D eigenvalue weighted by molar-refractivity contribution is 8.01. The second-order valence-electron chi connectivity index (χ2n) is 3.22. The van der Waals surface area contributed by atoms with Gasteiger partial charge >= 0.3 is 5.97 Å². The van der Waals surface area contributed by atoms with E-state index in [2.05, 4.69) is 14.3 Å². The molecule has 2 rings (SSSR count). The molecule has 2 aromatic heterocycles. The van der Waals surface area contributed by atoms with E-state index in [0.717, 1.165) is 24.0 Å². The predicted molar refractivity (Wildman–Crippen MR) is 69.6 cm³/mol. The number of aromatic nitrogens is 3. The summed E-state index contributed by atoms with van der Waals surface area (Å²) in [6.07, 6.45) is 0.742. The molecule has 1 N–H and O–H groups in total. The van der Waals surface area contributed by atoms with E-state index in [4.69, 9.17) is 16.7 Å². The van der Waals surface area contributed by atoms with Gasteiger partial charge in [-0.25, -0.2) is 14.8 Å². The van der Waals surface area contributed by atoms with Crippen molar-refractivity contribution in [3.05, 3.63) is 28.7 Å². The monoisotopic (exact) mass is 301 g/mol. The van der Waals surface area contributed by atoms with Crippen LogP contribution in [0.1, 0.15) is 23.1 Å². The molecule has 0 radical (unpaired) electrons. The summed E-state index contributed by atoms with van der Waals surface area (Å²) in [4.78, 5) is 19.3. The van der Waals surface area contributed by atoms with Crippen LogP contribution in [0.15, 0.2) is 21.5 Å². The minimum Gasteiger partial charge on any atom is -0.478 e. The Bertz CT molecular complexity index is 588. The average molecular weight is 302 g/mol.